The van der Waals surface area contributed by atoms with Crippen LogP contribution in [0.2, 0.25) is 0 Å². The second-order valence-corrected chi connectivity index (χ2v) is 7.11. The van der Waals surface area contributed by atoms with E-state index in [0.29, 0.717) is 6.42 Å². The molecule has 0 atom stereocenters. The molecule has 1 aromatic carbocycles. The zero-order valence-electron chi connectivity index (χ0n) is 14.4. The number of ether oxygens (including phenoxy) is 1. The van der Waals surface area contributed by atoms with Gasteiger partial charge in [0.25, 0.3) is 10.1 Å². The molecule has 0 aliphatic heterocycles. The Bertz CT molecular complexity index is 699. The van der Waals surface area contributed by atoms with Crippen molar-refractivity contribution in [3.63, 3.8) is 0 Å². The third-order valence-electron chi connectivity index (χ3n) is 3.69. The van der Waals surface area contributed by atoms with Crippen LogP contribution in [0.3, 0.4) is 0 Å². The highest BCUT2D eigenvalue weighted by atomic mass is 32.2. The summed E-state index contributed by atoms with van der Waals surface area (Å²) < 4.78 is 37.3. The number of esters is 1. The van der Waals surface area contributed by atoms with Crippen LogP contribution in [0.15, 0.2) is 23.1 Å². The maximum absolute atomic E-state index is 12.0. The quantitative estimate of drug-likeness (QED) is 0.201. The Hall–Kier alpha value is -1.77. The largest absolute Gasteiger partial charge is 0.426 e. The molecule has 0 aliphatic rings. The molecule has 0 amide bonds. The summed E-state index contributed by atoms with van der Waals surface area (Å²) in [5.41, 5.74) is 4.89. The number of hydrogen-bond acceptors (Lipinski definition) is 6. The molecule has 3 N–H and O–H groups in total. The highest BCUT2D eigenvalue weighted by molar-refractivity contribution is 7.86. The van der Waals surface area contributed by atoms with Crippen LogP contribution >= 0.6 is 0 Å². The van der Waals surface area contributed by atoms with Crippen molar-refractivity contribution in [2.24, 2.45) is 5.73 Å². The fourth-order valence-electron chi connectivity index (χ4n) is 2.41. The van der Waals surface area contributed by atoms with E-state index < -0.39 is 38.9 Å². The number of carbonyl (C=O) groups is 2. The Morgan fingerprint density at radius 1 is 1.12 bits per heavy atom. The Morgan fingerprint density at radius 3 is 2.36 bits per heavy atom. The summed E-state index contributed by atoms with van der Waals surface area (Å²) in [5, 5.41) is 0. The van der Waals surface area contributed by atoms with Crippen LogP contribution < -0.4 is 10.5 Å². The van der Waals surface area contributed by atoms with Crippen molar-refractivity contribution in [3.05, 3.63) is 23.8 Å². The minimum Gasteiger partial charge on any atom is -0.426 e. The lowest BCUT2D eigenvalue weighted by molar-refractivity contribution is -0.134. The van der Waals surface area contributed by atoms with Gasteiger partial charge in [0.2, 0.25) is 0 Å². The van der Waals surface area contributed by atoms with Gasteiger partial charge in [0.05, 0.1) is 12.1 Å². The van der Waals surface area contributed by atoms with E-state index in [2.05, 4.69) is 6.92 Å². The molecule has 0 saturated heterocycles. The summed E-state index contributed by atoms with van der Waals surface area (Å²) in [6.45, 7) is 1.65. The lowest BCUT2D eigenvalue weighted by atomic mass is 10.1. The molecular weight excluding hydrogens is 346 g/mol. The first-order valence-electron chi connectivity index (χ1n) is 8.35. The number of carbonyl (C=O) groups excluding carboxylic acids is 2. The molecule has 0 saturated carbocycles. The highest BCUT2D eigenvalue weighted by Crippen LogP contribution is 2.27. The van der Waals surface area contributed by atoms with Crippen molar-refractivity contribution in [2.75, 3.05) is 6.54 Å². The van der Waals surface area contributed by atoms with E-state index in [1.807, 2.05) is 0 Å². The molecule has 7 nitrogen and oxygen atoms in total. The zero-order chi connectivity index (χ0) is 18.9. The molecule has 8 heteroatoms. The average Bonchev–Trinajstić information content (AvgIpc) is 2.56. The molecule has 0 spiro atoms. The predicted molar refractivity (Wildman–Crippen MR) is 93.3 cm³/mol. The van der Waals surface area contributed by atoms with E-state index in [0.717, 1.165) is 38.2 Å². The Balaban J connectivity index is 2.81. The molecule has 0 radical (unpaired) electrons. The monoisotopic (exact) mass is 371 g/mol. The third-order valence-corrected chi connectivity index (χ3v) is 4.58. The summed E-state index contributed by atoms with van der Waals surface area (Å²) in [5.74, 6) is -1.51. The highest BCUT2D eigenvalue weighted by Gasteiger charge is 2.25. The summed E-state index contributed by atoms with van der Waals surface area (Å²) in [7, 11) is -4.64. The maximum atomic E-state index is 12.0. The molecule has 140 valence electrons. The first kappa shape index (κ1) is 21.3. The lowest BCUT2D eigenvalue weighted by Gasteiger charge is -2.12. The van der Waals surface area contributed by atoms with Crippen molar-refractivity contribution in [1.29, 1.82) is 0 Å². The number of ketones is 1. The number of nitrogens with two attached hydrogens (primary N) is 1. The van der Waals surface area contributed by atoms with Crippen molar-refractivity contribution in [2.45, 2.75) is 56.8 Å². The van der Waals surface area contributed by atoms with E-state index in [1.54, 1.807) is 0 Å². The van der Waals surface area contributed by atoms with Crippen LogP contribution in [-0.2, 0) is 14.9 Å². The molecular formula is C17H25NO6S. The van der Waals surface area contributed by atoms with E-state index in [1.165, 1.54) is 12.1 Å². The second kappa shape index (κ2) is 10.3. The fourth-order valence-corrected chi connectivity index (χ4v) is 3.13. The number of benzene rings is 1. The maximum Gasteiger partial charge on any atom is 0.311 e. The van der Waals surface area contributed by atoms with Gasteiger partial charge in [-0.2, -0.15) is 8.42 Å². The van der Waals surface area contributed by atoms with Crippen molar-refractivity contribution in [3.8, 4) is 5.75 Å². The van der Waals surface area contributed by atoms with Gasteiger partial charge >= 0.3 is 5.97 Å². The molecule has 0 heterocycles. The van der Waals surface area contributed by atoms with Gasteiger partial charge in [-0.25, -0.2) is 0 Å². The molecule has 1 aromatic rings. The fraction of sp³-hybridized carbons (Fsp3) is 0.529. The Kier molecular flexibility index (Phi) is 8.74. The molecule has 0 aromatic heterocycles. The number of unbranched alkanes of at least 4 members (excludes halogenated alkanes) is 5. The van der Waals surface area contributed by atoms with E-state index in [9.17, 15) is 22.6 Å². The van der Waals surface area contributed by atoms with Crippen LogP contribution in [0.25, 0.3) is 0 Å². The van der Waals surface area contributed by atoms with Crippen LogP contribution in [0, 0.1) is 0 Å². The number of Topliss-reactive ketones (excluding diaryl/α,β-unsaturated/α-hetero) is 1. The normalized spacial score (nSPS) is 11.3. The summed E-state index contributed by atoms with van der Waals surface area (Å²) in [4.78, 5) is 23.3. The first-order valence-corrected chi connectivity index (χ1v) is 9.79. The average molecular weight is 371 g/mol. The summed E-state index contributed by atoms with van der Waals surface area (Å²) >= 11 is 0. The predicted octanol–water partition coefficient (Wildman–Crippen LogP) is 2.73. The van der Waals surface area contributed by atoms with Gasteiger partial charge in [-0.1, -0.05) is 45.1 Å². The molecule has 0 unspecified atom stereocenters. The lowest BCUT2D eigenvalue weighted by Crippen LogP contribution is -2.20. The third kappa shape index (κ3) is 6.93. The standard InChI is InChI=1S/C17H25NO6S/c1-2-3-4-5-6-7-11-16(20)24-14-9-8-10-15(25(21,22)23)17(14)13(19)12-18/h8-10H,2-7,11-12,18H2,1H3,(H,21,22,23). The van der Waals surface area contributed by atoms with Crippen LogP contribution in [0.5, 0.6) is 5.75 Å². The van der Waals surface area contributed by atoms with Gasteiger partial charge in [0.1, 0.15) is 10.6 Å². The minimum absolute atomic E-state index is 0.165. The summed E-state index contributed by atoms with van der Waals surface area (Å²) in [6.07, 6.45) is 6.18. The molecule has 0 bridgehead atoms. The first-order chi connectivity index (χ1) is 11.8. The van der Waals surface area contributed by atoms with Crippen LogP contribution in [0.4, 0.5) is 0 Å². The van der Waals surface area contributed by atoms with Crippen molar-refractivity contribution < 1.29 is 27.3 Å². The summed E-state index contributed by atoms with van der Waals surface area (Å²) in [6, 6.07) is 3.64. The number of hydrogen-bond donors (Lipinski definition) is 2. The van der Waals surface area contributed by atoms with E-state index in [4.69, 9.17) is 10.5 Å². The van der Waals surface area contributed by atoms with Gasteiger partial charge in [-0.15, -0.1) is 0 Å². The Morgan fingerprint density at radius 2 is 1.76 bits per heavy atom. The molecule has 25 heavy (non-hydrogen) atoms. The molecule has 0 aliphatic carbocycles. The van der Waals surface area contributed by atoms with Crippen molar-refractivity contribution >= 4 is 21.9 Å². The van der Waals surface area contributed by atoms with Gasteiger partial charge in [-0.3, -0.25) is 14.1 Å². The van der Waals surface area contributed by atoms with E-state index >= 15 is 0 Å². The van der Waals surface area contributed by atoms with Crippen LogP contribution in [-0.4, -0.2) is 31.3 Å². The zero-order valence-corrected chi connectivity index (χ0v) is 15.2. The van der Waals surface area contributed by atoms with Gasteiger partial charge < -0.3 is 10.5 Å². The topological polar surface area (TPSA) is 124 Å². The smallest absolute Gasteiger partial charge is 0.311 e. The molecule has 0 fully saturated rings. The Labute approximate surface area is 148 Å². The molecule has 1 rings (SSSR count). The van der Waals surface area contributed by atoms with Crippen molar-refractivity contribution in [1.82, 2.24) is 0 Å². The minimum atomic E-state index is -4.64. The van der Waals surface area contributed by atoms with Gasteiger partial charge in [-0.05, 0) is 18.6 Å². The SMILES string of the molecule is CCCCCCCCC(=O)Oc1cccc(S(=O)(=O)O)c1C(=O)CN. The number of rotatable bonds is 11. The second-order valence-electron chi connectivity index (χ2n) is 5.72. The van der Waals surface area contributed by atoms with Gasteiger partial charge in [0.15, 0.2) is 5.78 Å². The van der Waals surface area contributed by atoms with Gasteiger partial charge in [0, 0.05) is 6.42 Å². The van der Waals surface area contributed by atoms with E-state index in [-0.39, 0.29) is 12.2 Å². The van der Waals surface area contributed by atoms with Crippen LogP contribution in [0.1, 0.15) is 62.2 Å².